The van der Waals surface area contributed by atoms with Crippen LogP contribution in [0.3, 0.4) is 0 Å². The van der Waals surface area contributed by atoms with Crippen LogP contribution in [0.4, 0.5) is 8.78 Å². The number of nitrogens with one attached hydrogen (secondary N) is 1. The molecule has 0 saturated carbocycles. The van der Waals surface area contributed by atoms with Crippen molar-refractivity contribution in [2.75, 3.05) is 6.54 Å². The normalized spacial score (nSPS) is 10.8. The summed E-state index contributed by atoms with van der Waals surface area (Å²) in [6.07, 6.45) is 5.95. The van der Waals surface area contributed by atoms with Crippen LogP contribution in [-0.2, 0) is 11.2 Å². The van der Waals surface area contributed by atoms with E-state index in [9.17, 15) is 13.6 Å². The zero-order chi connectivity index (χ0) is 19.8. The van der Waals surface area contributed by atoms with E-state index >= 15 is 0 Å². The fourth-order valence-electron chi connectivity index (χ4n) is 2.43. The van der Waals surface area contributed by atoms with Gasteiger partial charge in [-0.1, -0.05) is 18.2 Å². The van der Waals surface area contributed by atoms with Gasteiger partial charge in [-0.05, 0) is 48.4 Å². The molecule has 0 spiro atoms. The highest BCUT2D eigenvalue weighted by molar-refractivity contribution is 5.91. The zero-order valence-electron chi connectivity index (χ0n) is 14.8. The van der Waals surface area contributed by atoms with Crippen LogP contribution in [0.15, 0.2) is 67.0 Å². The molecule has 0 atom stereocenters. The van der Waals surface area contributed by atoms with Gasteiger partial charge in [0, 0.05) is 30.6 Å². The van der Waals surface area contributed by atoms with E-state index in [4.69, 9.17) is 4.74 Å². The summed E-state index contributed by atoms with van der Waals surface area (Å²) in [4.78, 5) is 19.8. The minimum atomic E-state index is -0.719. The van der Waals surface area contributed by atoms with Crippen LogP contribution in [0.5, 0.6) is 11.8 Å². The molecule has 7 heteroatoms. The van der Waals surface area contributed by atoms with Crippen molar-refractivity contribution < 1.29 is 18.3 Å². The molecule has 0 bridgehead atoms. The smallest absolute Gasteiger partial charge is 0.321 e. The predicted molar refractivity (Wildman–Crippen MR) is 101 cm³/mol. The number of carbonyl (C=O) groups is 1. The van der Waals surface area contributed by atoms with E-state index in [1.165, 1.54) is 6.07 Å². The third kappa shape index (κ3) is 5.44. The Morgan fingerprint density at radius 1 is 1.04 bits per heavy atom. The summed E-state index contributed by atoms with van der Waals surface area (Å²) in [6, 6.07) is 12.8. The third-order valence-corrected chi connectivity index (χ3v) is 3.76. The van der Waals surface area contributed by atoms with Gasteiger partial charge in [-0.15, -0.1) is 0 Å². The van der Waals surface area contributed by atoms with Crippen molar-refractivity contribution in [2.45, 2.75) is 6.42 Å². The maximum atomic E-state index is 13.5. The van der Waals surface area contributed by atoms with Crippen LogP contribution >= 0.6 is 0 Å². The maximum Gasteiger partial charge on any atom is 0.321 e. The SMILES string of the molecule is O=C(C=Cc1c(F)cccc1F)NCCc1cccc(Oc2ncccn2)c1. The van der Waals surface area contributed by atoms with E-state index in [1.54, 1.807) is 24.5 Å². The Morgan fingerprint density at radius 2 is 1.75 bits per heavy atom. The summed E-state index contributed by atoms with van der Waals surface area (Å²) < 4.78 is 32.6. The minimum absolute atomic E-state index is 0.245. The molecule has 0 fully saturated rings. The lowest BCUT2D eigenvalue weighted by molar-refractivity contribution is -0.116. The van der Waals surface area contributed by atoms with Gasteiger partial charge in [-0.25, -0.2) is 18.7 Å². The van der Waals surface area contributed by atoms with E-state index in [1.807, 2.05) is 18.2 Å². The van der Waals surface area contributed by atoms with Crippen molar-refractivity contribution >= 4 is 12.0 Å². The second kappa shape index (κ2) is 9.36. The molecule has 0 aliphatic rings. The Bertz CT molecular complexity index is 958. The molecule has 0 saturated heterocycles. The van der Waals surface area contributed by atoms with E-state index in [-0.39, 0.29) is 11.6 Å². The Labute approximate surface area is 160 Å². The van der Waals surface area contributed by atoms with Gasteiger partial charge in [-0.3, -0.25) is 4.79 Å². The van der Waals surface area contributed by atoms with Gasteiger partial charge >= 0.3 is 6.01 Å². The summed E-state index contributed by atoms with van der Waals surface area (Å²) in [5.41, 5.74) is 0.698. The first kappa shape index (κ1) is 19.2. The number of rotatable bonds is 7. The molecule has 142 valence electrons. The van der Waals surface area contributed by atoms with Gasteiger partial charge < -0.3 is 10.1 Å². The molecule has 1 N–H and O–H groups in total. The van der Waals surface area contributed by atoms with Crippen LogP contribution in [-0.4, -0.2) is 22.4 Å². The van der Waals surface area contributed by atoms with Crippen LogP contribution < -0.4 is 10.1 Å². The summed E-state index contributed by atoms with van der Waals surface area (Å²) in [5.74, 6) is -1.29. The summed E-state index contributed by atoms with van der Waals surface area (Å²) >= 11 is 0. The maximum absolute atomic E-state index is 13.5. The van der Waals surface area contributed by atoms with Crippen molar-refractivity contribution in [3.63, 3.8) is 0 Å². The first-order valence-corrected chi connectivity index (χ1v) is 8.55. The molecule has 0 radical (unpaired) electrons. The molecule has 1 heterocycles. The fraction of sp³-hybridized carbons (Fsp3) is 0.0952. The lowest BCUT2D eigenvalue weighted by Gasteiger charge is -2.06. The van der Waals surface area contributed by atoms with Crippen molar-refractivity contribution in [3.05, 3.63) is 89.8 Å². The number of aromatic nitrogens is 2. The minimum Gasteiger partial charge on any atom is -0.424 e. The number of hydrogen-bond donors (Lipinski definition) is 1. The van der Waals surface area contributed by atoms with Gasteiger partial charge in [-0.2, -0.15) is 0 Å². The molecule has 3 rings (SSSR count). The topological polar surface area (TPSA) is 64.1 Å². The molecule has 0 aliphatic heterocycles. The Kier molecular flexibility index (Phi) is 6.41. The number of halogens is 2. The van der Waals surface area contributed by atoms with Crippen LogP contribution in [0.1, 0.15) is 11.1 Å². The van der Waals surface area contributed by atoms with Gasteiger partial charge in [0.25, 0.3) is 0 Å². The Balaban J connectivity index is 1.51. The average molecular weight is 381 g/mol. The van der Waals surface area contributed by atoms with Crippen molar-refractivity contribution in [3.8, 4) is 11.8 Å². The second-order valence-corrected chi connectivity index (χ2v) is 5.79. The van der Waals surface area contributed by atoms with Gasteiger partial charge in [0.2, 0.25) is 5.91 Å². The Hall–Kier alpha value is -3.61. The van der Waals surface area contributed by atoms with E-state index < -0.39 is 17.5 Å². The number of ether oxygens (including phenoxy) is 1. The highest BCUT2D eigenvalue weighted by Crippen LogP contribution is 2.18. The Morgan fingerprint density at radius 3 is 2.50 bits per heavy atom. The molecule has 5 nitrogen and oxygen atoms in total. The van der Waals surface area contributed by atoms with Gasteiger partial charge in [0.1, 0.15) is 17.4 Å². The number of benzene rings is 2. The molecule has 1 amide bonds. The lowest BCUT2D eigenvalue weighted by Crippen LogP contribution is -2.23. The van der Waals surface area contributed by atoms with Crippen LogP contribution in [0.25, 0.3) is 6.08 Å². The predicted octanol–water partition coefficient (Wildman–Crippen LogP) is 3.92. The van der Waals surface area contributed by atoms with Crippen LogP contribution in [0.2, 0.25) is 0 Å². The third-order valence-electron chi connectivity index (χ3n) is 3.76. The number of amides is 1. The largest absolute Gasteiger partial charge is 0.424 e. The molecular weight excluding hydrogens is 364 g/mol. The molecule has 0 aliphatic carbocycles. The van der Waals surface area contributed by atoms with Crippen molar-refractivity contribution in [2.24, 2.45) is 0 Å². The van der Waals surface area contributed by atoms with Crippen molar-refractivity contribution in [1.82, 2.24) is 15.3 Å². The monoisotopic (exact) mass is 381 g/mol. The van der Waals surface area contributed by atoms with Gasteiger partial charge in [0.05, 0.1) is 0 Å². The second-order valence-electron chi connectivity index (χ2n) is 5.79. The quantitative estimate of drug-likeness (QED) is 0.630. The highest BCUT2D eigenvalue weighted by atomic mass is 19.1. The molecule has 3 aromatic rings. The van der Waals surface area contributed by atoms with E-state index in [2.05, 4.69) is 15.3 Å². The van der Waals surface area contributed by atoms with Crippen molar-refractivity contribution in [1.29, 1.82) is 0 Å². The summed E-state index contributed by atoms with van der Waals surface area (Å²) in [7, 11) is 0. The van der Waals surface area contributed by atoms with E-state index in [0.29, 0.717) is 18.7 Å². The first-order valence-electron chi connectivity index (χ1n) is 8.55. The number of nitrogens with zero attached hydrogens (tertiary/aromatic N) is 2. The first-order chi connectivity index (χ1) is 13.6. The number of hydrogen-bond acceptors (Lipinski definition) is 4. The molecule has 28 heavy (non-hydrogen) atoms. The number of carbonyl (C=O) groups excluding carboxylic acids is 1. The zero-order valence-corrected chi connectivity index (χ0v) is 14.8. The van der Waals surface area contributed by atoms with Gasteiger partial charge in [0.15, 0.2) is 0 Å². The molecular formula is C21H17F2N3O2. The van der Waals surface area contributed by atoms with Crippen LogP contribution in [0, 0.1) is 11.6 Å². The average Bonchev–Trinajstić information content (AvgIpc) is 2.69. The lowest BCUT2D eigenvalue weighted by atomic mass is 10.1. The molecule has 0 unspecified atom stereocenters. The fourth-order valence-corrected chi connectivity index (χ4v) is 2.43. The molecule has 1 aromatic heterocycles. The highest BCUT2D eigenvalue weighted by Gasteiger charge is 2.05. The molecule has 2 aromatic carbocycles. The summed E-state index contributed by atoms with van der Waals surface area (Å²) in [6.45, 7) is 0.355. The standard InChI is InChI=1S/C21H17F2N3O2/c22-18-6-2-7-19(23)17(18)8-9-20(27)24-13-10-15-4-1-5-16(14-15)28-21-25-11-3-12-26-21/h1-9,11-12,14H,10,13H2,(H,24,27). The van der Waals surface area contributed by atoms with E-state index in [0.717, 1.165) is 29.8 Å². The summed E-state index contributed by atoms with van der Waals surface area (Å²) in [5, 5.41) is 2.67.